The van der Waals surface area contributed by atoms with Crippen LogP contribution in [-0.2, 0) is 0 Å². The molecule has 8 rings (SSSR count). The summed E-state index contributed by atoms with van der Waals surface area (Å²) in [6, 6.07) is 69.5. The Balaban J connectivity index is 1.48. The van der Waals surface area contributed by atoms with E-state index in [-0.39, 0.29) is 0 Å². The maximum Gasteiger partial charge on any atom is 0.160 e. The minimum absolute atomic E-state index is 0.674. The lowest BCUT2D eigenvalue weighted by atomic mass is 10.0. The van der Waals surface area contributed by atoms with Gasteiger partial charge in [0.05, 0.1) is 28.5 Å². The Morgan fingerprint density at radius 2 is 0.660 bits per heavy atom. The van der Waals surface area contributed by atoms with Crippen LogP contribution < -0.4 is 14.7 Å². The van der Waals surface area contributed by atoms with Gasteiger partial charge in [-0.2, -0.15) is 0 Å². The third-order valence-corrected chi connectivity index (χ3v) is 9.18. The van der Waals surface area contributed by atoms with Crippen LogP contribution in [0.2, 0.25) is 0 Å². The summed E-state index contributed by atoms with van der Waals surface area (Å²) in [6.45, 7) is 0. The van der Waals surface area contributed by atoms with Crippen LogP contribution in [-0.4, -0.2) is 24.1 Å². The summed E-state index contributed by atoms with van der Waals surface area (Å²) in [5.41, 5.74) is 11.9. The number of nitrogens with zero attached hydrogens (tertiary/aromatic N) is 5. The Hall–Kier alpha value is -6.98. The van der Waals surface area contributed by atoms with Gasteiger partial charge in [0.15, 0.2) is 5.82 Å². The molecular weight excluding hydrogens is 647 g/mol. The molecule has 0 unspecified atom stereocenters. The van der Waals surface area contributed by atoms with Crippen molar-refractivity contribution in [2.75, 3.05) is 28.8 Å². The summed E-state index contributed by atoms with van der Waals surface area (Å²) in [4.78, 5) is 17.3. The first-order valence-corrected chi connectivity index (χ1v) is 17.8. The fraction of sp³-hybridized carbons (Fsp3) is 0.0417. The normalized spacial score (nSPS) is 10.8. The van der Waals surface area contributed by atoms with Crippen molar-refractivity contribution in [1.29, 1.82) is 0 Å². The van der Waals surface area contributed by atoms with E-state index in [2.05, 4.69) is 205 Å². The van der Waals surface area contributed by atoms with Gasteiger partial charge in [-0.15, -0.1) is 0 Å². The summed E-state index contributed by atoms with van der Waals surface area (Å²) in [6.07, 6.45) is 0. The van der Waals surface area contributed by atoms with Gasteiger partial charge in [0.25, 0.3) is 0 Å². The molecule has 0 aliphatic heterocycles. The zero-order chi connectivity index (χ0) is 36.0. The highest BCUT2D eigenvalue weighted by molar-refractivity contribution is 5.99. The van der Waals surface area contributed by atoms with Crippen molar-refractivity contribution >= 4 is 39.8 Å². The van der Waals surface area contributed by atoms with E-state index in [0.29, 0.717) is 5.82 Å². The van der Waals surface area contributed by atoms with E-state index in [1.807, 2.05) is 24.3 Å². The van der Waals surface area contributed by atoms with Crippen molar-refractivity contribution in [2.24, 2.45) is 0 Å². The van der Waals surface area contributed by atoms with Crippen LogP contribution in [0, 0.1) is 0 Å². The predicted octanol–water partition coefficient (Wildman–Crippen LogP) is 12.5. The molecule has 0 aliphatic carbocycles. The SMILES string of the molecule is CN(C)c1c(N(c2ccccc2)c2ccccc2)cc(-c2cc(-c3ccccc3)nc(-c3ccccc3)n2)cc1N(c1ccccc1)c1ccccc1. The number of para-hydroxylation sites is 4. The minimum atomic E-state index is 0.674. The Morgan fingerprint density at radius 1 is 0.340 bits per heavy atom. The summed E-state index contributed by atoms with van der Waals surface area (Å²) in [5, 5.41) is 0. The smallest absolute Gasteiger partial charge is 0.160 e. The van der Waals surface area contributed by atoms with Gasteiger partial charge in [0.1, 0.15) is 0 Å². The van der Waals surface area contributed by atoms with Crippen molar-refractivity contribution in [3.8, 4) is 33.9 Å². The molecule has 0 saturated carbocycles. The molecule has 7 aromatic carbocycles. The van der Waals surface area contributed by atoms with Gasteiger partial charge in [0, 0.05) is 53.5 Å². The number of hydrogen-bond acceptors (Lipinski definition) is 5. The fourth-order valence-electron chi connectivity index (χ4n) is 6.78. The molecule has 0 amide bonds. The van der Waals surface area contributed by atoms with Crippen LogP contribution >= 0.6 is 0 Å². The quantitative estimate of drug-likeness (QED) is 0.143. The third-order valence-electron chi connectivity index (χ3n) is 9.18. The van der Waals surface area contributed by atoms with E-state index in [4.69, 9.17) is 9.97 Å². The lowest BCUT2D eigenvalue weighted by Gasteiger charge is -2.35. The first-order valence-electron chi connectivity index (χ1n) is 17.8. The molecule has 0 spiro atoms. The summed E-state index contributed by atoms with van der Waals surface area (Å²) < 4.78 is 0. The third kappa shape index (κ3) is 7.01. The highest BCUT2D eigenvalue weighted by Crippen LogP contribution is 2.50. The fourth-order valence-corrected chi connectivity index (χ4v) is 6.78. The van der Waals surface area contributed by atoms with E-state index in [0.717, 1.165) is 67.9 Å². The molecule has 0 fully saturated rings. The average Bonchev–Trinajstić information content (AvgIpc) is 3.23. The number of aromatic nitrogens is 2. The number of anilines is 7. The van der Waals surface area contributed by atoms with E-state index in [1.54, 1.807) is 0 Å². The zero-order valence-corrected chi connectivity index (χ0v) is 29.8. The molecule has 1 heterocycles. The molecule has 0 radical (unpaired) electrons. The Bertz CT molecular complexity index is 2160. The molecular formula is C48H39N5. The maximum atomic E-state index is 5.30. The number of benzene rings is 7. The number of hydrogen-bond donors (Lipinski definition) is 0. The number of rotatable bonds is 10. The minimum Gasteiger partial charge on any atom is -0.374 e. The molecule has 0 atom stereocenters. The van der Waals surface area contributed by atoms with Crippen LogP contribution in [0.25, 0.3) is 33.9 Å². The second-order valence-electron chi connectivity index (χ2n) is 13.0. The molecule has 1 aromatic heterocycles. The van der Waals surface area contributed by atoms with E-state index in [1.165, 1.54) is 0 Å². The highest BCUT2D eigenvalue weighted by Gasteiger charge is 2.26. The van der Waals surface area contributed by atoms with Crippen molar-refractivity contribution < 1.29 is 0 Å². The van der Waals surface area contributed by atoms with Crippen LogP contribution in [0.3, 0.4) is 0 Å². The largest absolute Gasteiger partial charge is 0.374 e. The predicted molar refractivity (Wildman–Crippen MR) is 222 cm³/mol. The van der Waals surface area contributed by atoms with E-state index < -0.39 is 0 Å². The molecule has 0 N–H and O–H groups in total. The van der Waals surface area contributed by atoms with Crippen molar-refractivity contribution in [2.45, 2.75) is 0 Å². The van der Waals surface area contributed by atoms with Crippen LogP contribution in [0.1, 0.15) is 0 Å². The van der Waals surface area contributed by atoms with E-state index >= 15 is 0 Å². The van der Waals surface area contributed by atoms with Gasteiger partial charge in [-0.3, -0.25) is 0 Å². The van der Waals surface area contributed by atoms with Crippen molar-refractivity contribution in [3.05, 3.63) is 200 Å². The van der Waals surface area contributed by atoms with Gasteiger partial charge in [-0.1, -0.05) is 133 Å². The van der Waals surface area contributed by atoms with Gasteiger partial charge in [-0.05, 0) is 66.7 Å². The van der Waals surface area contributed by atoms with Crippen molar-refractivity contribution in [1.82, 2.24) is 9.97 Å². The van der Waals surface area contributed by atoms with Gasteiger partial charge in [-0.25, -0.2) is 9.97 Å². The lowest BCUT2D eigenvalue weighted by Crippen LogP contribution is -2.21. The van der Waals surface area contributed by atoms with Crippen LogP contribution in [0.15, 0.2) is 200 Å². The van der Waals surface area contributed by atoms with Crippen LogP contribution in [0.5, 0.6) is 0 Å². The maximum absolute atomic E-state index is 5.30. The summed E-state index contributed by atoms with van der Waals surface area (Å²) in [5.74, 6) is 0.674. The van der Waals surface area contributed by atoms with Gasteiger partial charge < -0.3 is 14.7 Å². The first-order chi connectivity index (χ1) is 26.1. The molecule has 5 heteroatoms. The average molecular weight is 686 g/mol. The Labute approximate surface area is 311 Å². The van der Waals surface area contributed by atoms with Crippen molar-refractivity contribution in [3.63, 3.8) is 0 Å². The monoisotopic (exact) mass is 685 g/mol. The second-order valence-corrected chi connectivity index (χ2v) is 13.0. The summed E-state index contributed by atoms with van der Waals surface area (Å²) >= 11 is 0. The Kier molecular flexibility index (Phi) is 9.45. The molecule has 8 aromatic rings. The topological polar surface area (TPSA) is 35.5 Å². The summed E-state index contributed by atoms with van der Waals surface area (Å²) in [7, 11) is 4.24. The van der Waals surface area contributed by atoms with Crippen LogP contribution in [0.4, 0.5) is 39.8 Å². The highest BCUT2D eigenvalue weighted by atomic mass is 15.2. The van der Waals surface area contributed by atoms with Gasteiger partial charge >= 0.3 is 0 Å². The molecule has 53 heavy (non-hydrogen) atoms. The van der Waals surface area contributed by atoms with E-state index in [9.17, 15) is 0 Å². The molecule has 0 bridgehead atoms. The molecule has 256 valence electrons. The first kappa shape index (κ1) is 33.2. The van der Waals surface area contributed by atoms with Gasteiger partial charge in [0.2, 0.25) is 0 Å². The molecule has 0 aliphatic rings. The lowest BCUT2D eigenvalue weighted by molar-refractivity contribution is 1.10. The Morgan fingerprint density at radius 3 is 1.02 bits per heavy atom. The standard InChI is InChI=1S/C48H39N5/c1-51(2)47-45(52(39-25-13-5-14-26-39)40-27-15-6-16-28-40)33-38(34-46(47)53(41-29-17-7-18-30-41)42-31-19-8-20-32-42)44-35-43(36-21-9-3-10-22-36)49-48(50-44)37-23-11-4-12-24-37/h3-35H,1-2H3. The zero-order valence-electron chi connectivity index (χ0n) is 29.8. The second kappa shape index (κ2) is 15.1. The molecule has 5 nitrogen and oxygen atoms in total. The molecule has 0 saturated heterocycles.